The van der Waals surface area contributed by atoms with Gasteiger partial charge in [-0.15, -0.1) is 11.3 Å². The molecule has 2 aromatic heterocycles. The number of esters is 1. The van der Waals surface area contributed by atoms with Gasteiger partial charge in [-0.2, -0.15) is 0 Å². The van der Waals surface area contributed by atoms with Crippen molar-refractivity contribution in [3.8, 4) is 0 Å². The zero-order valence-corrected chi connectivity index (χ0v) is 16.8. The van der Waals surface area contributed by atoms with Crippen LogP contribution in [0.4, 0.5) is 0 Å². The lowest BCUT2D eigenvalue weighted by molar-refractivity contribution is 0.0478. The predicted molar refractivity (Wildman–Crippen MR) is 107 cm³/mol. The molecule has 3 rings (SSSR count). The third-order valence-electron chi connectivity index (χ3n) is 3.71. The number of benzene rings is 1. The summed E-state index contributed by atoms with van der Waals surface area (Å²) in [5, 5.41) is 1.23. The smallest absolute Gasteiger partial charge is 0.348 e. The monoisotopic (exact) mass is 424 g/mol. The maximum Gasteiger partial charge on any atom is 0.348 e. The van der Waals surface area contributed by atoms with Crippen LogP contribution < -0.4 is 4.72 Å². The number of pyridine rings is 1. The maximum atomic E-state index is 12.3. The molecule has 0 aliphatic carbocycles. The van der Waals surface area contributed by atoms with Crippen molar-refractivity contribution in [2.45, 2.75) is 13.0 Å². The van der Waals surface area contributed by atoms with Gasteiger partial charge < -0.3 is 4.74 Å². The van der Waals surface area contributed by atoms with Crippen LogP contribution in [0.3, 0.4) is 0 Å². The fourth-order valence-electron chi connectivity index (χ4n) is 2.43. The minimum Gasteiger partial charge on any atom is -0.457 e. The summed E-state index contributed by atoms with van der Waals surface area (Å²) < 4.78 is 29.9. The van der Waals surface area contributed by atoms with Gasteiger partial charge >= 0.3 is 5.97 Å². The van der Waals surface area contributed by atoms with Crippen LogP contribution in [0, 0.1) is 0 Å². The molecule has 27 heavy (non-hydrogen) atoms. The van der Waals surface area contributed by atoms with Crippen molar-refractivity contribution in [3.63, 3.8) is 0 Å². The molecule has 0 fully saturated rings. The number of halogens is 1. The second-order valence-corrected chi connectivity index (χ2v) is 9.25. The lowest BCUT2D eigenvalue weighted by Gasteiger charge is -2.07. The molecule has 6 nitrogen and oxygen atoms in total. The Hall–Kier alpha value is -2.00. The van der Waals surface area contributed by atoms with E-state index in [1.165, 1.54) is 11.3 Å². The third-order valence-corrected chi connectivity index (χ3v) is 5.89. The van der Waals surface area contributed by atoms with Crippen LogP contribution in [0.25, 0.3) is 10.9 Å². The maximum absolute atomic E-state index is 12.3. The zero-order chi connectivity index (χ0) is 19.4. The lowest BCUT2D eigenvalue weighted by Crippen LogP contribution is -2.23. The quantitative estimate of drug-likeness (QED) is 0.464. The molecule has 0 unspecified atom stereocenters. The van der Waals surface area contributed by atoms with Crippen molar-refractivity contribution in [2.24, 2.45) is 0 Å². The predicted octanol–water partition coefficient (Wildman–Crippen LogP) is 3.40. The number of aromatic nitrogens is 1. The molecular weight excluding hydrogens is 408 g/mol. The second kappa shape index (κ2) is 8.35. The molecule has 0 radical (unpaired) electrons. The molecule has 0 amide bonds. The molecule has 0 saturated carbocycles. The molecule has 1 N–H and O–H groups in total. The van der Waals surface area contributed by atoms with E-state index in [0.717, 1.165) is 22.0 Å². The van der Waals surface area contributed by atoms with E-state index >= 15 is 0 Å². The highest BCUT2D eigenvalue weighted by Crippen LogP contribution is 2.23. The Kier molecular flexibility index (Phi) is 6.11. The number of carbonyl (C=O) groups is 1. The normalized spacial score (nSPS) is 11.6. The van der Waals surface area contributed by atoms with Crippen LogP contribution in [0.1, 0.15) is 20.1 Å². The third kappa shape index (κ3) is 5.49. The Labute approximate surface area is 166 Å². The van der Waals surface area contributed by atoms with E-state index in [-0.39, 0.29) is 13.2 Å². The van der Waals surface area contributed by atoms with Gasteiger partial charge in [0.1, 0.15) is 16.6 Å². The topological polar surface area (TPSA) is 85.4 Å². The van der Waals surface area contributed by atoms with Crippen LogP contribution >= 0.6 is 22.9 Å². The van der Waals surface area contributed by atoms with Crippen molar-refractivity contribution >= 4 is 49.8 Å². The zero-order valence-electron chi connectivity index (χ0n) is 14.4. The number of nitrogens with zero attached hydrogens (tertiary/aromatic N) is 1. The Bertz CT molecular complexity index is 1080. The van der Waals surface area contributed by atoms with Crippen LogP contribution in [0.5, 0.6) is 0 Å². The van der Waals surface area contributed by atoms with Gasteiger partial charge in [-0.1, -0.05) is 29.8 Å². The molecule has 1 aromatic carbocycles. The van der Waals surface area contributed by atoms with E-state index in [1.807, 2.05) is 30.3 Å². The highest BCUT2D eigenvalue weighted by molar-refractivity contribution is 7.88. The molecule has 3 aromatic rings. The van der Waals surface area contributed by atoms with E-state index in [4.69, 9.17) is 16.3 Å². The van der Waals surface area contributed by atoms with E-state index in [0.29, 0.717) is 22.0 Å². The first-order chi connectivity index (χ1) is 12.8. The van der Waals surface area contributed by atoms with E-state index in [2.05, 4.69) is 9.71 Å². The number of fused-ring (bicyclic) bond motifs is 1. The first-order valence-electron chi connectivity index (χ1n) is 8.06. The number of para-hydroxylation sites is 1. The van der Waals surface area contributed by atoms with E-state index < -0.39 is 16.0 Å². The number of sulfonamides is 1. The summed E-state index contributed by atoms with van der Waals surface area (Å²) in [5.41, 5.74) is 1.42. The van der Waals surface area contributed by atoms with Gasteiger partial charge in [0.2, 0.25) is 10.0 Å². The van der Waals surface area contributed by atoms with Crippen molar-refractivity contribution in [1.29, 1.82) is 0 Å². The number of carbonyl (C=O) groups excluding carboxylic acids is 1. The summed E-state index contributed by atoms with van der Waals surface area (Å²) in [6.07, 6.45) is 1.61. The average molecular weight is 425 g/mol. The Morgan fingerprint density at radius 2 is 2.04 bits per heavy atom. The largest absolute Gasteiger partial charge is 0.457 e. The summed E-state index contributed by atoms with van der Waals surface area (Å²) >= 11 is 7.45. The molecule has 0 bridgehead atoms. The number of rotatable bonds is 7. The lowest BCUT2D eigenvalue weighted by atomic mass is 10.2. The number of ether oxygens (including phenoxy) is 1. The fraction of sp³-hybridized carbons (Fsp3) is 0.222. The van der Waals surface area contributed by atoms with Crippen LogP contribution in [-0.2, 0) is 27.8 Å². The van der Waals surface area contributed by atoms with Crippen molar-refractivity contribution in [1.82, 2.24) is 9.71 Å². The molecule has 0 aliphatic heterocycles. The summed E-state index contributed by atoms with van der Waals surface area (Å²) in [5.74, 6) is -0.452. The SMILES string of the molecule is CS(=O)(=O)NCCc1ccc(C(=O)OCc2cc3ccccc3nc2Cl)s1. The minimum absolute atomic E-state index is 0.0262. The standard InChI is InChI=1S/C18H17ClN2O4S2/c1-27(23,24)20-9-8-14-6-7-16(26-14)18(22)25-11-13-10-12-4-2-3-5-15(12)21-17(13)19/h2-7,10,20H,8-9,11H2,1H3. The summed E-state index contributed by atoms with van der Waals surface area (Å²) in [6.45, 7) is 0.310. The van der Waals surface area contributed by atoms with Crippen molar-refractivity contribution in [3.05, 3.63) is 62.9 Å². The fourth-order valence-corrected chi connectivity index (χ4v) is 4.01. The summed E-state index contributed by atoms with van der Waals surface area (Å²) in [7, 11) is -3.22. The van der Waals surface area contributed by atoms with Gasteiger partial charge in [0.05, 0.1) is 11.8 Å². The van der Waals surface area contributed by atoms with Gasteiger partial charge in [0.15, 0.2) is 0 Å². The molecule has 0 aliphatic rings. The minimum atomic E-state index is -3.22. The first-order valence-corrected chi connectivity index (χ1v) is 11.1. The van der Waals surface area contributed by atoms with Gasteiger partial charge in [0, 0.05) is 22.4 Å². The van der Waals surface area contributed by atoms with Crippen LogP contribution in [-0.4, -0.2) is 32.2 Å². The van der Waals surface area contributed by atoms with E-state index in [1.54, 1.807) is 12.1 Å². The van der Waals surface area contributed by atoms with Gasteiger partial charge in [-0.3, -0.25) is 0 Å². The highest BCUT2D eigenvalue weighted by atomic mass is 35.5. The Morgan fingerprint density at radius 1 is 1.26 bits per heavy atom. The molecule has 0 saturated heterocycles. The number of thiophene rings is 1. The Morgan fingerprint density at radius 3 is 2.81 bits per heavy atom. The molecule has 2 heterocycles. The molecule has 0 atom stereocenters. The molecule has 0 spiro atoms. The Balaban J connectivity index is 1.60. The molecular formula is C18H17ClN2O4S2. The number of nitrogens with one attached hydrogen (secondary N) is 1. The molecule has 9 heteroatoms. The van der Waals surface area contributed by atoms with Crippen molar-refractivity contribution < 1.29 is 17.9 Å². The van der Waals surface area contributed by atoms with E-state index in [9.17, 15) is 13.2 Å². The van der Waals surface area contributed by atoms with Gasteiger partial charge in [-0.05, 0) is 30.7 Å². The molecule has 142 valence electrons. The second-order valence-electron chi connectivity index (χ2n) is 5.89. The highest BCUT2D eigenvalue weighted by Gasteiger charge is 2.13. The van der Waals surface area contributed by atoms with Crippen molar-refractivity contribution in [2.75, 3.05) is 12.8 Å². The summed E-state index contributed by atoms with van der Waals surface area (Å²) in [6, 6.07) is 12.9. The summed E-state index contributed by atoms with van der Waals surface area (Å²) in [4.78, 5) is 17.9. The first kappa shape index (κ1) is 19.8. The van der Waals surface area contributed by atoms with Gasteiger partial charge in [0.25, 0.3) is 0 Å². The number of hydrogen-bond acceptors (Lipinski definition) is 6. The number of hydrogen-bond donors (Lipinski definition) is 1. The van der Waals surface area contributed by atoms with Crippen LogP contribution in [0.15, 0.2) is 42.5 Å². The van der Waals surface area contributed by atoms with Gasteiger partial charge in [-0.25, -0.2) is 22.9 Å². The average Bonchev–Trinajstić information content (AvgIpc) is 3.07. The van der Waals surface area contributed by atoms with Crippen LogP contribution in [0.2, 0.25) is 5.15 Å².